The van der Waals surface area contributed by atoms with Crippen molar-refractivity contribution in [3.05, 3.63) is 51.0 Å². The van der Waals surface area contributed by atoms with Crippen molar-refractivity contribution >= 4 is 29.0 Å². The van der Waals surface area contributed by atoms with Crippen molar-refractivity contribution in [3.8, 4) is 5.75 Å². The quantitative estimate of drug-likeness (QED) is 0.288. The van der Waals surface area contributed by atoms with E-state index in [0.717, 1.165) is 6.92 Å². The van der Waals surface area contributed by atoms with Gasteiger partial charge in [0.1, 0.15) is 22.8 Å². The highest BCUT2D eigenvalue weighted by Crippen LogP contribution is 2.52. The van der Waals surface area contributed by atoms with E-state index in [4.69, 9.17) is 5.73 Å². The third-order valence-corrected chi connectivity index (χ3v) is 7.48. The molecule has 1 aromatic rings. The first-order chi connectivity index (χ1) is 16.7. The van der Waals surface area contributed by atoms with E-state index in [1.807, 2.05) is 0 Å². The molecule has 0 aromatic heterocycles. The SMILES string of the molecule is CC(=O)c1cc(C(C)=O)c2c(c1O)C(=O)C1=C(O)[C@]3(O)C(=O)C(C(N)=O)=C(O)[C@H](N(C)C)[C@H]3C[C@@H]1C2. The molecular formula is C25H26N2O9. The van der Waals surface area contributed by atoms with Crippen LogP contribution in [0, 0.1) is 11.8 Å². The molecule has 0 saturated carbocycles. The number of fused-ring (bicyclic) bond motifs is 3. The number of allylic oxidation sites excluding steroid dienone is 1. The van der Waals surface area contributed by atoms with Gasteiger partial charge in [-0.3, -0.25) is 28.9 Å². The van der Waals surface area contributed by atoms with Gasteiger partial charge < -0.3 is 26.2 Å². The van der Waals surface area contributed by atoms with Crippen molar-refractivity contribution in [2.75, 3.05) is 14.1 Å². The van der Waals surface area contributed by atoms with Crippen molar-refractivity contribution < 1.29 is 44.4 Å². The summed E-state index contributed by atoms with van der Waals surface area (Å²) in [4.78, 5) is 64.9. The minimum atomic E-state index is -2.76. The van der Waals surface area contributed by atoms with Crippen molar-refractivity contribution in [3.63, 3.8) is 0 Å². The Morgan fingerprint density at radius 2 is 1.64 bits per heavy atom. The minimum Gasteiger partial charge on any atom is -0.510 e. The lowest BCUT2D eigenvalue weighted by molar-refractivity contribution is -0.148. The second-order valence-corrected chi connectivity index (χ2v) is 9.75. The van der Waals surface area contributed by atoms with Crippen LogP contribution in [0.1, 0.15) is 56.9 Å². The number of likely N-dealkylation sites (N-methyl/N-ethyl adjacent to an activating group) is 1. The second kappa shape index (κ2) is 8.10. The maximum absolute atomic E-state index is 13.7. The number of hydrogen-bond donors (Lipinski definition) is 5. The van der Waals surface area contributed by atoms with Crippen LogP contribution in [0.2, 0.25) is 0 Å². The number of Topliss-reactive ketones (excluding diaryl/α,β-unsaturated/α-hetero) is 4. The molecule has 0 saturated heterocycles. The lowest BCUT2D eigenvalue weighted by Gasteiger charge is -2.50. The Kier molecular flexibility index (Phi) is 5.69. The Labute approximate surface area is 205 Å². The number of hydrogen-bond acceptors (Lipinski definition) is 10. The number of primary amides is 1. The first-order valence-electron chi connectivity index (χ1n) is 11.2. The Morgan fingerprint density at radius 1 is 1.06 bits per heavy atom. The van der Waals surface area contributed by atoms with Gasteiger partial charge >= 0.3 is 0 Å². The van der Waals surface area contributed by atoms with E-state index in [1.54, 1.807) is 0 Å². The first-order valence-corrected chi connectivity index (χ1v) is 11.2. The summed E-state index contributed by atoms with van der Waals surface area (Å²) in [7, 11) is 3.06. The molecule has 11 nitrogen and oxygen atoms in total. The Morgan fingerprint density at radius 3 is 2.14 bits per heavy atom. The number of rotatable bonds is 4. The lowest BCUT2D eigenvalue weighted by Crippen LogP contribution is -2.63. The molecule has 0 aliphatic heterocycles. The molecule has 190 valence electrons. The summed E-state index contributed by atoms with van der Waals surface area (Å²) in [6.45, 7) is 2.40. The highest BCUT2D eigenvalue weighted by molar-refractivity contribution is 6.25. The number of phenolic OH excluding ortho intramolecular Hbond substituents is 1. The molecule has 4 atom stereocenters. The third kappa shape index (κ3) is 3.16. The van der Waals surface area contributed by atoms with Crippen molar-refractivity contribution in [1.29, 1.82) is 0 Å². The molecule has 3 aliphatic rings. The number of amides is 1. The molecule has 4 rings (SSSR count). The monoisotopic (exact) mass is 498 g/mol. The maximum atomic E-state index is 13.7. The van der Waals surface area contributed by atoms with Crippen LogP contribution in [-0.2, 0) is 16.0 Å². The van der Waals surface area contributed by atoms with E-state index in [1.165, 1.54) is 32.0 Å². The van der Waals surface area contributed by atoms with Gasteiger partial charge in [0.25, 0.3) is 5.91 Å². The number of phenols is 1. The van der Waals surface area contributed by atoms with Crippen LogP contribution in [0.3, 0.4) is 0 Å². The Bertz CT molecular complexity index is 1350. The highest BCUT2D eigenvalue weighted by Gasteiger charge is 2.63. The zero-order valence-corrected chi connectivity index (χ0v) is 20.1. The minimum absolute atomic E-state index is 0.0325. The summed E-state index contributed by atoms with van der Waals surface area (Å²) >= 11 is 0. The lowest BCUT2D eigenvalue weighted by atomic mass is 9.58. The van der Waals surface area contributed by atoms with Crippen LogP contribution in [0.25, 0.3) is 0 Å². The van der Waals surface area contributed by atoms with Crippen LogP contribution in [-0.4, -0.2) is 80.1 Å². The molecule has 1 aromatic carbocycles. The van der Waals surface area contributed by atoms with Crippen LogP contribution >= 0.6 is 0 Å². The second-order valence-electron chi connectivity index (χ2n) is 9.75. The number of carbonyl (C=O) groups is 5. The molecule has 36 heavy (non-hydrogen) atoms. The number of aliphatic hydroxyl groups excluding tert-OH is 2. The molecule has 3 aliphatic carbocycles. The van der Waals surface area contributed by atoms with Crippen LogP contribution in [0.5, 0.6) is 5.75 Å². The number of aliphatic hydroxyl groups is 3. The summed E-state index contributed by atoms with van der Waals surface area (Å²) in [5, 5.41) is 44.4. The predicted molar refractivity (Wildman–Crippen MR) is 124 cm³/mol. The van der Waals surface area contributed by atoms with Gasteiger partial charge in [0, 0.05) is 17.1 Å². The molecule has 0 radical (unpaired) electrons. The van der Waals surface area contributed by atoms with Gasteiger partial charge in [0.05, 0.1) is 17.2 Å². The largest absolute Gasteiger partial charge is 0.510 e. The van der Waals surface area contributed by atoms with Gasteiger partial charge in [-0.05, 0) is 58.3 Å². The van der Waals surface area contributed by atoms with E-state index in [0.29, 0.717) is 0 Å². The fraction of sp³-hybridized carbons (Fsp3) is 0.400. The number of ketones is 4. The molecule has 11 heteroatoms. The Balaban J connectivity index is 2.02. The zero-order valence-electron chi connectivity index (χ0n) is 20.1. The molecule has 0 spiro atoms. The van der Waals surface area contributed by atoms with E-state index < -0.39 is 75.4 Å². The molecule has 0 heterocycles. The van der Waals surface area contributed by atoms with Gasteiger partial charge in [0.15, 0.2) is 23.0 Å². The average molecular weight is 498 g/mol. The molecular weight excluding hydrogens is 472 g/mol. The number of nitrogens with two attached hydrogens (primary N) is 1. The number of nitrogens with zero attached hydrogens (tertiary/aromatic N) is 1. The fourth-order valence-electron chi connectivity index (χ4n) is 5.90. The van der Waals surface area contributed by atoms with E-state index >= 15 is 0 Å². The molecule has 0 unspecified atom stereocenters. The van der Waals surface area contributed by atoms with Crippen LogP contribution in [0.15, 0.2) is 28.7 Å². The molecule has 6 N–H and O–H groups in total. The fourth-order valence-corrected chi connectivity index (χ4v) is 5.90. The van der Waals surface area contributed by atoms with E-state index in [-0.39, 0.29) is 40.7 Å². The van der Waals surface area contributed by atoms with Crippen molar-refractivity contribution in [1.82, 2.24) is 4.90 Å². The van der Waals surface area contributed by atoms with E-state index in [9.17, 15) is 44.4 Å². The summed E-state index contributed by atoms with van der Waals surface area (Å²) < 4.78 is 0. The normalized spacial score (nSPS) is 27.6. The molecule has 1 amide bonds. The van der Waals surface area contributed by atoms with Gasteiger partial charge in [0.2, 0.25) is 5.78 Å². The van der Waals surface area contributed by atoms with Crippen molar-refractivity contribution in [2.45, 2.75) is 38.3 Å². The summed E-state index contributed by atoms with van der Waals surface area (Å²) in [5.41, 5.74) is 0.893. The summed E-state index contributed by atoms with van der Waals surface area (Å²) in [5.74, 6) is -8.99. The summed E-state index contributed by atoms with van der Waals surface area (Å²) in [6.07, 6.45) is -0.131. The van der Waals surface area contributed by atoms with Gasteiger partial charge in [-0.25, -0.2) is 0 Å². The third-order valence-electron chi connectivity index (χ3n) is 7.48. The predicted octanol–water partition coefficient (Wildman–Crippen LogP) is 0.526. The van der Waals surface area contributed by atoms with Crippen LogP contribution < -0.4 is 5.73 Å². The number of aromatic hydroxyl groups is 1. The zero-order chi connectivity index (χ0) is 27.0. The van der Waals surface area contributed by atoms with Gasteiger partial charge in [-0.2, -0.15) is 0 Å². The number of benzene rings is 1. The highest BCUT2D eigenvalue weighted by atomic mass is 16.3. The standard InChI is InChI=1S/C25H26N2O9/c1-8(28)11-7-12(9(2)29)19(30)16-13(11)5-10-6-14-18(27(3)4)21(32)17(24(26)35)23(34)25(14,36)22(33)15(10)20(16)31/h7,10,14,18,30,32-33,36H,5-6H2,1-4H3,(H2,26,35)/t10-,14+,18+,25-/m0/s1. The van der Waals surface area contributed by atoms with Crippen LogP contribution in [0.4, 0.5) is 0 Å². The summed E-state index contributed by atoms with van der Waals surface area (Å²) in [6, 6.07) is 0.108. The molecule has 0 bridgehead atoms. The van der Waals surface area contributed by atoms with Crippen molar-refractivity contribution in [2.24, 2.45) is 17.6 Å². The maximum Gasteiger partial charge on any atom is 0.255 e. The molecule has 0 fully saturated rings. The first kappa shape index (κ1) is 25.3. The number of carbonyl (C=O) groups excluding carboxylic acids is 5. The van der Waals surface area contributed by atoms with Gasteiger partial charge in [-0.1, -0.05) is 0 Å². The van der Waals surface area contributed by atoms with Gasteiger partial charge in [-0.15, -0.1) is 0 Å². The topological polar surface area (TPSA) is 196 Å². The van der Waals surface area contributed by atoms with E-state index in [2.05, 4.69) is 0 Å². The smallest absolute Gasteiger partial charge is 0.255 e. The average Bonchev–Trinajstić information content (AvgIpc) is 2.75. The Hall–Kier alpha value is -3.83.